The zero-order valence-electron chi connectivity index (χ0n) is 14.1. The van der Waals surface area contributed by atoms with Crippen LogP contribution in [-0.2, 0) is 22.7 Å². The van der Waals surface area contributed by atoms with E-state index < -0.39 is 10.9 Å². The minimum atomic E-state index is -0.686. The second-order valence-electron chi connectivity index (χ2n) is 5.50. The standard InChI is InChI=1S/C19H17NO6/c1-2-24-12-15-14-8-4-6-10-17(14)26-18(15)19(21)25-11-13-7-3-5-9-16(13)20(22)23/h3-10H,2,11-12H2,1H3. The van der Waals surface area contributed by atoms with E-state index in [-0.39, 0.29) is 24.7 Å². The average molecular weight is 355 g/mol. The fourth-order valence-electron chi connectivity index (χ4n) is 2.63. The Balaban J connectivity index is 1.85. The van der Waals surface area contributed by atoms with Gasteiger partial charge in [-0.2, -0.15) is 0 Å². The van der Waals surface area contributed by atoms with Crippen molar-refractivity contribution in [3.63, 3.8) is 0 Å². The van der Waals surface area contributed by atoms with Crippen molar-refractivity contribution in [2.45, 2.75) is 20.1 Å². The van der Waals surface area contributed by atoms with Crippen LogP contribution in [-0.4, -0.2) is 17.5 Å². The maximum atomic E-state index is 12.5. The van der Waals surface area contributed by atoms with Crippen LogP contribution in [0.3, 0.4) is 0 Å². The first-order valence-corrected chi connectivity index (χ1v) is 8.09. The molecule has 0 aliphatic rings. The first kappa shape index (κ1) is 17.6. The van der Waals surface area contributed by atoms with Gasteiger partial charge >= 0.3 is 5.97 Å². The van der Waals surface area contributed by atoms with Gasteiger partial charge in [0.05, 0.1) is 17.1 Å². The molecule has 0 N–H and O–H groups in total. The van der Waals surface area contributed by atoms with Gasteiger partial charge in [0, 0.05) is 23.6 Å². The lowest BCUT2D eigenvalue weighted by atomic mass is 10.1. The van der Waals surface area contributed by atoms with E-state index in [0.29, 0.717) is 23.3 Å². The molecule has 0 fully saturated rings. The van der Waals surface area contributed by atoms with Crippen LogP contribution in [0, 0.1) is 10.1 Å². The van der Waals surface area contributed by atoms with Gasteiger partial charge in [-0.3, -0.25) is 10.1 Å². The largest absolute Gasteiger partial charge is 0.455 e. The van der Waals surface area contributed by atoms with Crippen LogP contribution < -0.4 is 0 Å². The Bertz CT molecular complexity index is 946. The topological polar surface area (TPSA) is 91.8 Å². The van der Waals surface area contributed by atoms with Gasteiger partial charge in [-0.1, -0.05) is 30.3 Å². The highest BCUT2D eigenvalue weighted by Gasteiger charge is 2.23. The van der Waals surface area contributed by atoms with Crippen molar-refractivity contribution >= 4 is 22.6 Å². The summed E-state index contributed by atoms with van der Waals surface area (Å²) >= 11 is 0. The number of ether oxygens (including phenoxy) is 2. The number of hydrogen-bond donors (Lipinski definition) is 0. The van der Waals surface area contributed by atoms with Gasteiger partial charge in [-0.15, -0.1) is 0 Å². The number of para-hydroxylation sites is 2. The van der Waals surface area contributed by atoms with Crippen LogP contribution in [0.15, 0.2) is 52.9 Å². The SMILES string of the molecule is CCOCc1c(C(=O)OCc2ccccc2[N+](=O)[O-])oc2ccccc12. The van der Waals surface area contributed by atoms with Gasteiger partial charge < -0.3 is 13.9 Å². The molecule has 0 radical (unpaired) electrons. The van der Waals surface area contributed by atoms with Crippen molar-refractivity contribution in [2.24, 2.45) is 0 Å². The van der Waals surface area contributed by atoms with Gasteiger partial charge in [-0.05, 0) is 19.1 Å². The number of carbonyl (C=O) groups is 1. The Morgan fingerprint density at radius 2 is 1.85 bits per heavy atom. The van der Waals surface area contributed by atoms with Crippen molar-refractivity contribution in [3.05, 3.63) is 75.5 Å². The van der Waals surface area contributed by atoms with E-state index in [1.807, 2.05) is 19.1 Å². The molecule has 0 amide bonds. The molecular weight excluding hydrogens is 338 g/mol. The summed E-state index contributed by atoms with van der Waals surface area (Å²) in [6.45, 7) is 2.34. The molecule has 0 aliphatic heterocycles. The molecule has 1 aromatic heterocycles. The van der Waals surface area contributed by atoms with Gasteiger partial charge in [0.25, 0.3) is 5.69 Å². The monoisotopic (exact) mass is 355 g/mol. The maximum Gasteiger partial charge on any atom is 0.375 e. The van der Waals surface area contributed by atoms with Crippen LogP contribution in [0.25, 0.3) is 11.0 Å². The van der Waals surface area contributed by atoms with Crippen molar-refractivity contribution in [1.82, 2.24) is 0 Å². The fraction of sp³-hybridized carbons (Fsp3) is 0.211. The molecule has 3 aromatic rings. The molecule has 7 nitrogen and oxygen atoms in total. The van der Waals surface area contributed by atoms with E-state index >= 15 is 0 Å². The summed E-state index contributed by atoms with van der Waals surface area (Å²) in [5, 5.41) is 11.8. The van der Waals surface area contributed by atoms with Gasteiger partial charge in [0.15, 0.2) is 0 Å². The molecule has 0 unspecified atom stereocenters. The van der Waals surface area contributed by atoms with E-state index in [0.717, 1.165) is 5.39 Å². The molecule has 0 aliphatic carbocycles. The quantitative estimate of drug-likeness (QED) is 0.358. The van der Waals surface area contributed by atoms with Crippen LogP contribution in [0.4, 0.5) is 5.69 Å². The third-order valence-corrected chi connectivity index (χ3v) is 3.88. The number of benzene rings is 2. The van der Waals surface area contributed by atoms with Gasteiger partial charge in [0.1, 0.15) is 12.2 Å². The van der Waals surface area contributed by atoms with E-state index in [9.17, 15) is 14.9 Å². The molecule has 0 spiro atoms. The van der Waals surface area contributed by atoms with Crippen molar-refractivity contribution in [1.29, 1.82) is 0 Å². The Labute approximate surface area is 149 Å². The fourth-order valence-corrected chi connectivity index (χ4v) is 2.63. The zero-order valence-corrected chi connectivity index (χ0v) is 14.1. The zero-order chi connectivity index (χ0) is 18.5. The summed E-state index contributed by atoms with van der Waals surface area (Å²) < 4.78 is 16.3. The summed E-state index contributed by atoms with van der Waals surface area (Å²) in [5.41, 5.74) is 1.38. The lowest BCUT2D eigenvalue weighted by Crippen LogP contribution is -2.08. The third kappa shape index (κ3) is 3.57. The van der Waals surface area contributed by atoms with E-state index in [1.54, 1.807) is 30.3 Å². The number of nitro groups is 1. The number of rotatable bonds is 7. The van der Waals surface area contributed by atoms with E-state index in [2.05, 4.69) is 0 Å². The number of nitrogens with zero attached hydrogens (tertiary/aromatic N) is 1. The van der Waals surface area contributed by atoms with Crippen LogP contribution in [0.1, 0.15) is 28.6 Å². The predicted molar refractivity (Wildman–Crippen MR) is 93.8 cm³/mol. The summed E-state index contributed by atoms with van der Waals surface area (Å²) in [5.74, 6) is -0.632. The third-order valence-electron chi connectivity index (χ3n) is 3.88. The molecule has 134 valence electrons. The summed E-state index contributed by atoms with van der Waals surface area (Å²) in [7, 11) is 0. The second kappa shape index (κ2) is 7.79. The second-order valence-corrected chi connectivity index (χ2v) is 5.50. The summed E-state index contributed by atoms with van der Waals surface area (Å²) in [4.78, 5) is 23.1. The molecule has 26 heavy (non-hydrogen) atoms. The van der Waals surface area contributed by atoms with Crippen molar-refractivity contribution in [3.8, 4) is 0 Å². The average Bonchev–Trinajstić information content (AvgIpc) is 3.03. The predicted octanol–water partition coefficient (Wildman–Crippen LogP) is 4.23. The number of nitro benzene ring substituents is 1. The van der Waals surface area contributed by atoms with Crippen LogP contribution in [0.5, 0.6) is 0 Å². The highest BCUT2D eigenvalue weighted by molar-refractivity contribution is 5.96. The highest BCUT2D eigenvalue weighted by atomic mass is 16.6. The molecule has 3 rings (SSSR count). The Hall–Kier alpha value is -3.19. The minimum Gasteiger partial charge on any atom is -0.455 e. The molecule has 7 heteroatoms. The molecule has 2 aromatic carbocycles. The smallest absolute Gasteiger partial charge is 0.375 e. The number of fused-ring (bicyclic) bond motifs is 1. The van der Waals surface area contributed by atoms with Crippen LogP contribution in [0.2, 0.25) is 0 Å². The number of carbonyl (C=O) groups excluding carboxylic acids is 1. The number of esters is 1. The molecule has 0 saturated carbocycles. The summed E-state index contributed by atoms with van der Waals surface area (Å²) in [6.07, 6.45) is 0. The van der Waals surface area contributed by atoms with Gasteiger partial charge in [-0.25, -0.2) is 4.79 Å². The van der Waals surface area contributed by atoms with Crippen molar-refractivity contribution in [2.75, 3.05) is 6.61 Å². The van der Waals surface area contributed by atoms with E-state index in [4.69, 9.17) is 13.9 Å². The van der Waals surface area contributed by atoms with Crippen LogP contribution >= 0.6 is 0 Å². The molecule has 1 heterocycles. The number of hydrogen-bond acceptors (Lipinski definition) is 6. The normalized spacial score (nSPS) is 10.8. The van der Waals surface area contributed by atoms with Gasteiger partial charge in [0.2, 0.25) is 5.76 Å². The minimum absolute atomic E-state index is 0.0539. The lowest BCUT2D eigenvalue weighted by molar-refractivity contribution is -0.385. The number of furan rings is 1. The Morgan fingerprint density at radius 3 is 2.62 bits per heavy atom. The first-order valence-electron chi connectivity index (χ1n) is 8.09. The molecule has 0 saturated heterocycles. The Morgan fingerprint density at radius 1 is 1.12 bits per heavy atom. The molecular formula is C19H17NO6. The molecule has 0 atom stereocenters. The van der Waals surface area contributed by atoms with E-state index in [1.165, 1.54) is 6.07 Å². The summed E-state index contributed by atoms with van der Waals surface area (Å²) in [6, 6.07) is 13.4. The maximum absolute atomic E-state index is 12.5. The highest BCUT2D eigenvalue weighted by Crippen LogP contribution is 2.28. The lowest BCUT2D eigenvalue weighted by Gasteiger charge is -2.06. The van der Waals surface area contributed by atoms with Crippen molar-refractivity contribution < 1.29 is 23.6 Å². The molecule has 0 bridgehead atoms. The first-order chi connectivity index (χ1) is 12.6. The Kier molecular flexibility index (Phi) is 5.28.